The highest BCUT2D eigenvalue weighted by molar-refractivity contribution is 5.21. The summed E-state index contributed by atoms with van der Waals surface area (Å²) in [6.45, 7) is 2.87. The summed E-state index contributed by atoms with van der Waals surface area (Å²) in [5.41, 5.74) is 3.57. The van der Waals surface area contributed by atoms with E-state index in [1.165, 1.54) is 16.7 Å². The summed E-state index contributed by atoms with van der Waals surface area (Å²) < 4.78 is 6.71. The van der Waals surface area contributed by atoms with Crippen LogP contribution in [0.5, 0.6) is 0 Å². The lowest BCUT2D eigenvalue weighted by molar-refractivity contribution is -0.0128. The lowest BCUT2D eigenvalue weighted by Gasteiger charge is -2.37. The van der Waals surface area contributed by atoms with Gasteiger partial charge in [0.1, 0.15) is 0 Å². The molecule has 3 aromatic carbocycles. The second kappa shape index (κ2) is 14.2. The molecule has 3 aromatic rings. The number of nitrogens with zero attached hydrogens (tertiary/aromatic N) is 2. The molecule has 0 aromatic heterocycles. The summed E-state index contributed by atoms with van der Waals surface area (Å²) >= 11 is 0. The van der Waals surface area contributed by atoms with Gasteiger partial charge in [0.2, 0.25) is 0 Å². The number of likely N-dealkylation sites (tertiary alicyclic amines) is 2. The Morgan fingerprint density at radius 3 is 1.51 bits per heavy atom. The minimum Gasteiger partial charge on any atom is -0.394 e. The zero-order valence-electron chi connectivity index (χ0n) is 23.0. The van der Waals surface area contributed by atoms with Crippen LogP contribution in [0.1, 0.15) is 67.3 Å². The van der Waals surface area contributed by atoms with E-state index < -0.39 is 0 Å². The largest absolute Gasteiger partial charge is 0.394 e. The molecule has 5 heteroatoms. The van der Waals surface area contributed by atoms with Crippen LogP contribution < -0.4 is 0 Å². The molecule has 0 bridgehead atoms. The van der Waals surface area contributed by atoms with Crippen molar-refractivity contribution in [1.82, 2.24) is 9.80 Å². The molecule has 2 saturated heterocycles. The van der Waals surface area contributed by atoms with Crippen molar-refractivity contribution in [1.29, 1.82) is 0 Å². The number of benzene rings is 3. The van der Waals surface area contributed by atoms with Crippen LogP contribution in [0.15, 0.2) is 91.0 Å². The van der Waals surface area contributed by atoms with E-state index in [1.54, 1.807) is 0 Å². The molecule has 0 amide bonds. The van der Waals surface area contributed by atoms with Gasteiger partial charge in [-0.2, -0.15) is 0 Å². The molecule has 0 radical (unpaired) electrons. The Bertz CT molecular complexity index is 1030. The van der Waals surface area contributed by atoms with E-state index in [0.29, 0.717) is 18.7 Å². The summed E-state index contributed by atoms with van der Waals surface area (Å²) in [7, 11) is 0. The molecule has 0 aliphatic carbocycles. The van der Waals surface area contributed by atoms with Crippen molar-refractivity contribution in [3.63, 3.8) is 0 Å². The van der Waals surface area contributed by atoms with E-state index in [0.717, 1.165) is 51.6 Å². The van der Waals surface area contributed by atoms with Gasteiger partial charge in [-0.3, -0.25) is 9.80 Å². The first kappa shape index (κ1) is 28.0. The Labute approximate surface area is 234 Å². The third-order valence-electron chi connectivity index (χ3n) is 8.76. The normalized spacial score (nSPS) is 21.9. The average molecular weight is 529 g/mol. The Hall–Kier alpha value is -2.54. The molecule has 0 unspecified atom stereocenters. The molecule has 0 saturated carbocycles. The molecule has 4 atom stereocenters. The number of aliphatic hydroxyl groups excluding tert-OH is 2. The molecule has 208 valence electrons. The van der Waals surface area contributed by atoms with E-state index in [4.69, 9.17) is 4.74 Å². The van der Waals surface area contributed by atoms with Crippen molar-refractivity contribution in [3.05, 3.63) is 108 Å². The topological polar surface area (TPSA) is 56.2 Å². The maximum absolute atomic E-state index is 10.4. The van der Waals surface area contributed by atoms with E-state index in [2.05, 4.69) is 82.6 Å². The Morgan fingerprint density at radius 2 is 1.08 bits per heavy atom. The first-order valence-electron chi connectivity index (χ1n) is 14.8. The summed E-state index contributed by atoms with van der Waals surface area (Å²) in [5.74, 6) is 0. The number of hydrogen-bond acceptors (Lipinski definition) is 5. The number of ether oxygens (including phenoxy) is 1. The monoisotopic (exact) mass is 528 g/mol. The SMILES string of the molecule is OC[C@@H](c1ccccc1)N1CCC[C@H]1CC(C[C@@H]1CCCN1[C@@H](CO)c1ccccc1)OCc1ccccc1. The predicted octanol–water partition coefficient (Wildman–Crippen LogP) is 5.75. The minimum absolute atomic E-state index is 0.0216. The highest BCUT2D eigenvalue weighted by atomic mass is 16.5. The molecule has 2 fully saturated rings. The highest BCUT2D eigenvalue weighted by Crippen LogP contribution is 2.36. The van der Waals surface area contributed by atoms with Crippen LogP contribution in [0.4, 0.5) is 0 Å². The molecule has 2 N–H and O–H groups in total. The van der Waals surface area contributed by atoms with Crippen LogP contribution in [0.3, 0.4) is 0 Å². The standard InChI is InChI=1S/C34H44N2O3/c37-24-33(28-14-6-2-7-15-28)35-20-10-18-30(35)22-32(39-26-27-12-4-1-5-13-27)23-31-19-11-21-36(31)34(25-38)29-16-8-3-9-17-29/h1-9,12-17,30-34,37-38H,10-11,18-26H2/t30-,31-,33-,34-/m0/s1. The number of rotatable bonds is 13. The third kappa shape index (κ3) is 7.16. The fourth-order valence-corrected chi connectivity index (χ4v) is 6.82. The smallest absolute Gasteiger partial charge is 0.0720 e. The van der Waals surface area contributed by atoms with Crippen molar-refractivity contribution in [2.24, 2.45) is 0 Å². The van der Waals surface area contributed by atoms with Gasteiger partial charge in [0, 0.05) is 12.1 Å². The lowest BCUT2D eigenvalue weighted by Crippen LogP contribution is -2.41. The van der Waals surface area contributed by atoms with Gasteiger partial charge in [0.25, 0.3) is 0 Å². The van der Waals surface area contributed by atoms with Crippen molar-refractivity contribution in [2.75, 3.05) is 26.3 Å². The average Bonchev–Trinajstić information content (AvgIpc) is 3.64. The van der Waals surface area contributed by atoms with Crippen molar-refractivity contribution in [2.45, 2.75) is 75.4 Å². The van der Waals surface area contributed by atoms with Crippen molar-refractivity contribution in [3.8, 4) is 0 Å². The highest BCUT2D eigenvalue weighted by Gasteiger charge is 2.37. The van der Waals surface area contributed by atoms with Gasteiger partial charge in [0.05, 0.1) is 38.0 Å². The molecular weight excluding hydrogens is 484 g/mol. The molecule has 2 heterocycles. The third-order valence-corrected chi connectivity index (χ3v) is 8.76. The second-order valence-electron chi connectivity index (χ2n) is 11.2. The zero-order valence-corrected chi connectivity index (χ0v) is 23.0. The summed E-state index contributed by atoms with van der Waals surface area (Å²) in [6.07, 6.45) is 6.57. The van der Waals surface area contributed by atoms with Gasteiger partial charge in [0.15, 0.2) is 0 Å². The van der Waals surface area contributed by atoms with Gasteiger partial charge in [-0.05, 0) is 68.3 Å². The van der Waals surface area contributed by atoms with Crippen molar-refractivity contribution < 1.29 is 14.9 Å². The molecule has 5 nitrogen and oxygen atoms in total. The predicted molar refractivity (Wildman–Crippen MR) is 156 cm³/mol. The first-order valence-corrected chi connectivity index (χ1v) is 14.8. The Balaban J connectivity index is 1.32. The number of aliphatic hydroxyl groups is 2. The van der Waals surface area contributed by atoms with E-state index in [1.807, 2.05) is 18.2 Å². The fraction of sp³-hybridized carbons (Fsp3) is 0.471. The molecule has 2 aliphatic rings. The van der Waals surface area contributed by atoms with Crippen LogP contribution >= 0.6 is 0 Å². The van der Waals surface area contributed by atoms with Crippen LogP contribution in [0.2, 0.25) is 0 Å². The summed E-state index contributed by atoms with van der Waals surface area (Å²) in [4.78, 5) is 5.03. The molecule has 0 spiro atoms. The van der Waals surface area contributed by atoms with Gasteiger partial charge < -0.3 is 14.9 Å². The quantitative estimate of drug-likeness (QED) is 0.296. The maximum atomic E-state index is 10.4. The van der Waals surface area contributed by atoms with E-state index in [-0.39, 0.29) is 31.4 Å². The van der Waals surface area contributed by atoms with E-state index >= 15 is 0 Å². The van der Waals surface area contributed by atoms with Gasteiger partial charge >= 0.3 is 0 Å². The first-order chi connectivity index (χ1) is 19.3. The summed E-state index contributed by atoms with van der Waals surface area (Å²) in [5, 5.41) is 20.8. The van der Waals surface area contributed by atoms with Crippen LogP contribution in [-0.2, 0) is 11.3 Å². The fourth-order valence-electron chi connectivity index (χ4n) is 6.82. The Kier molecular flexibility index (Phi) is 10.2. The van der Waals surface area contributed by atoms with Crippen LogP contribution in [-0.4, -0.2) is 64.5 Å². The zero-order chi connectivity index (χ0) is 26.9. The van der Waals surface area contributed by atoms with Crippen LogP contribution in [0.25, 0.3) is 0 Å². The molecular formula is C34H44N2O3. The Morgan fingerprint density at radius 1 is 0.641 bits per heavy atom. The second-order valence-corrected chi connectivity index (χ2v) is 11.2. The minimum atomic E-state index is 0.0216. The summed E-state index contributed by atoms with van der Waals surface area (Å²) in [6, 6.07) is 32.1. The molecule has 2 aliphatic heterocycles. The van der Waals surface area contributed by atoms with Gasteiger partial charge in [-0.1, -0.05) is 91.0 Å². The lowest BCUT2D eigenvalue weighted by atomic mass is 9.96. The van der Waals surface area contributed by atoms with Crippen LogP contribution in [0, 0.1) is 0 Å². The van der Waals surface area contributed by atoms with Gasteiger partial charge in [-0.15, -0.1) is 0 Å². The van der Waals surface area contributed by atoms with E-state index in [9.17, 15) is 10.2 Å². The number of hydrogen-bond donors (Lipinski definition) is 2. The maximum Gasteiger partial charge on any atom is 0.0720 e. The molecule has 5 rings (SSSR count). The van der Waals surface area contributed by atoms with Crippen molar-refractivity contribution >= 4 is 0 Å². The molecule has 39 heavy (non-hydrogen) atoms. The van der Waals surface area contributed by atoms with Gasteiger partial charge in [-0.25, -0.2) is 0 Å².